The molecule has 25 heavy (non-hydrogen) atoms. The molecule has 2 amide bonds. The molecular weight excluding hydrogens is 350 g/mol. The molecule has 0 aromatic heterocycles. The van der Waals surface area contributed by atoms with Gasteiger partial charge in [0.05, 0.1) is 16.5 Å². The zero-order valence-corrected chi connectivity index (χ0v) is 14.9. The van der Waals surface area contributed by atoms with Gasteiger partial charge in [-0.2, -0.15) is 0 Å². The van der Waals surface area contributed by atoms with E-state index in [4.69, 9.17) is 0 Å². The van der Waals surface area contributed by atoms with Gasteiger partial charge in [-0.3, -0.25) is 19.3 Å². The Morgan fingerprint density at radius 1 is 1.32 bits per heavy atom. The molecule has 1 aromatic carbocycles. The Balaban J connectivity index is 2.11. The van der Waals surface area contributed by atoms with Gasteiger partial charge < -0.3 is 5.32 Å². The lowest BCUT2D eigenvalue weighted by Gasteiger charge is -2.19. The van der Waals surface area contributed by atoms with E-state index >= 15 is 0 Å². The number of carbonyl (C=O) groups is 3. The highest BCUT2D eigenvalue weighted by atomic mass is 32.2. The fraction of sp³-hybridized carbons (Fsp3) is 0.353. The van der Waals surface area contributed by atoms with Crippen LogP contribution in [0.1, 0.15) is 20.8 Å². The molecular formula is C17H18F2N2O3S. The predicted molar refractivity (Wildman–Crippen MR) is 91.7 cm³/mol. The minimum atomic E-state index is -0.908. The average Bonchev–Trinajstić information content (AvgIpc) is 2.82. The second-order valence-electron chi connectivity index (χ2n) is 6.54. The number of carbonyl (C=O) groups excluding carboxylic acids is 3. The fourth-order valence-electron chi connectivity index (χ4n) is 1.95. The van der Waals surface area contributed by atoms with Crippen LogP contribution in [0.15, 0.2) is 29.3 Å². The lowest BCUT2D eigenvalue weighted by Crippen LogP contribution is -2.34. The maximum atomic E-state index is 13.6. The zero-order valence-electron chi connectivity index (χ0n) is 14.1. The number of benzene rings is 1. The number of hydrogen-bond donors (Lipinski definition) is 1. The monoisotopic (exact) mass is 368 g/mol. The van der Waals surface area contributed by atoms with Crippen molar-refractivity contribution in [3.8, 4) is 0 Å². The number of nitrogens with zero attached hydrogens (tertiary/aromatic N) is 1. The van der Waals surface area contributed by atoms with E-state index in [1.54, 1.807) is 20.8 Å². The Morgan fingerprint density at radius 2 is 2.00 bits per heavy atom. The number of hydrogen-bond acceptors (Lipinski definition) is 4. The molecule has 0 atom stereocenters. The highest BCUT2D eigenvalue weighted by Crippen LogP contribution is 2.30. The Morgan fingerprint density at radius 3 is 2.60 bits per heavy atom. The zero-order chi connectivity index (χ0) is 18.8. The highest BCUT2D eigenvalue weighted by molar-refractivity contribution is 8.04. The summed E-state index contributed by atoms with van der Waals surface area (Å²) in [6.07, 6.45) is 1.35. The average molecular weight is 368 g/mol. The van der Waals surface area contributed by atoms with Crippen LogP contribution in [0.5, 0.6) is 0 Å². The van der Waals surface area contributed by atoms with Crippen molar-refractivity contribution in [2.24, 2.45) is 5.41 Å². The molecule has 5 nitrogen and oxygen atoms in total. The molecule has 0 aliphatic carbocycles. The standard InChI is InChI=1S/C17H18F2N2O3S/c1-17(2,3)13(22)7-16-21(15(24)9-25-16)8-14(23)20-12-5-4-10(18)6-11(12)19/h4-7H,8-9H2,1-3H3,(H,20,23). The molecule has 134 valence electrons. The summed E-state index contributed by atoms with van der Waals surface area (Å²) in [7, 11) is 0. The summed E-state index contributed by atoms with van der Waals surface area (Å²) in [4.78, 5) is 37.4. The van der Waals surface area contributed by atoms with Crippen molar-refractivity contribution >= 4 is 35.0 Å². The van der Waals surface area contributed by atoms with Crippen LogP contribution in [0, 0.1) is 17.0 Å². The Hall–Kier alpha value is -2.22. The molecule has 8 heteroatoms. The normalized spacial score (nSPS) is 16.4. The largest absolute Gasteiger partial charge is 0.322 e. The SMILES string of the molecule is CC(C)(C)C(=O)C=C1SCC(=O)N1CC(=O)Nc1ccc(F)cc1F. The molecule has 0 bridgehead atoms. The van der Waals surface area contributed by atoms with Gasteiger partial charge in [0, 0.05) is 17.6 Å². The van der Waals surface area contributed by atoms with Crippen molar-refractivity contribution in [3.05, 3.63) is 40.9 Å². The third kappa shape index (κ3) is 4.88. The number of ketones is 1. The van der Waals surface area contributed by atoms with Gasteiger partial charge in [-0.1, -0.05) is 32.5 Å². The summed E-state index contributed by atoms with van der Waals surface area (Å²) in [6, 6.07) is 2.77. The van der Waals surface area contributed by atoms with Crippen LogP contribution in [0.3, 0.4) is 0 Å². The van der Waals surface area contributed by atoms with Gasteiger partial charge in [0.25, 0.3) is 0 Å². The first-order valence-electron chi connectivity index (χ1n) is 7.52. The van der Waals surface area contributed by atoms with Crippen LogP contribution in [0.2, 0.25) is 0 Å². The first kappa shape index (κ1) is 19.1. The number of halogens is 2. The van der Waals surface area contributed by atoms with Crippen LogP contribution in [0.4, 0.5) is 14.5 Å². The van der Waals surface area contributed by atoms with Gasteiger partial charge in [-0.05, 0) is 12.1 Å². The topological polar surface area (TPSA) is 66.5 Å². The smallest absolute Gasteiger partial charge is 0.244 e. The van der Waals surface area contributed by atoms with E-state index in [-0.39, 0.29) is 29.7 Å². The summed E-state index contributed by atoms with van der Waals surface area (Å²) in [5.74, 6) is -2.66. The quantitative estimate of drug-likeness (QED) is 0.830. The van der Waals surface area contributed by atoms with Gasteiger partial charge in [0.1, 0.15) is 18.2 Å². The van der Waals surface area contributed by atoms with Crippen molar-refractivity contribution in [1.29, 1.82) is 0 Å². The van der Waals surface area contributed by atoms with Crippen LogP contribution < -0.4 is 5.32 Å². The highest BCUT2D eigenvalue weighted by Gasteiger charge is 2.31. The van der Waals surface area contributed by atoms with Crippen molar-refractivity contribution in [3.63, 3.8) is 0 Å². The molecule has 0 radical (unpaired) electrons. The summed E-state index contributed by atoms with van der Waals surface area (Å²) >= 11 is 1.17. The minimum Gasteiger partial charge on any atom is -0.322 e. The maximum absolute atomic E-state index is 13.6. The Labute approximate surface area is 148 Å². The van der Waals surface area contributed by atoms with Crippen molar-refractivity contribution in [2.75, 3.05) is 17.6 Å². The summed E-state index contributed by atoms with van der Waals surface area (Å²) in [6.45, 7) is 4.90. The number of amides is 2. The van der Waals surface area contributed by atoms with Gasteiger partial charge in [0.2, 0.25) is 11.8 Å². The molecule has 1 aliphatic heterocycles. The van der Waals surface area contributed by atoms with E-state index in [0.717, 1.165) is 12.1 Å². The molecule has 1 heterocycles. The fourth-order valence-corrected chi connectivity index (χ4v) is 2.89. The van der Waals surface area contributed by atoms with Crippen LogP contribution in [0.25, 0.3) is 0 Å². The first-order chi connectivity index (χ1) is 11.6. The van der Waals surface area contributed by atoms with Crippen LogP contribution >= 0.6 is 11.8 Å². The predicted octanol–water partition coefficient (Wildman–Crippen LogP) is 2.94. The second-order valence-corrected chi connectivity index (χ2v) is 7.53. The van der Waals surface area contributed by atoms with Crippen LogP contribution in [-0.4, -0.2) is 34.8 Å². The van der Waals surface area contributed by atoms with Crippen molar-refractivity contribution in [1.82, 2.24) is 4.90 Å². The first-order valence-corrected chi connectivity index (χ1v) is 8.50. The molecule has 1 aliphatic rings. The van der Waals surface area contributed by atoms with Gasteiger partial charge in [-0.25, -0.2) is 8.78 Å². The van der Waals surface area contributed by atoms with Gasteiger partial charge in [-0.15, -0.1) is 0 Å². The van der Waals surface area contributed by atoms with E-state index < -0.39 is 23.0 Å². The number of anilines is 1. The molecule has 1 N–H and O–H groups in total. The second kappa shape index (κ2) is 7.35. The van der Waals surface area contributed by atoms with E-state index in [1.165, 1.54) is 22.7 Å². The Bertz CT molecular complexity index is 757. The molecule has 1 aromatic rings. The number of thioether (sulfide) groups is 1. The summed E-state index contributed by atoms with van der Waals surface area (Å²) in [5.41, 5.74) is -0.785. The molecule has 1 saturated heterocycles. The molecule has 1 fully saturated rings. The molecule has 0 spiro atoms. The van der Waals surface area contributed by atoms with Crippen LogP contribution in [-0.2, 0) is 14.4 Å². The summed E-state index contributed by atoms with van der Waals surface area (Å²) < 4.78 is 26.5. The molecule has 2 rings (SSSR count). The van der Waals surface area contributed by atoms with Crippen molar-refractivity contribution < 1.29 is 23.2 Å². The maximum Gasteiger partial charge on any atom is 0.244 e. The molecule has 0 unspecified atom stereocenters. The number of nitrogens with one attached hydrogen (secondary N) is 1. The number of allylic oxidation sites excluding steroid dienone is 1. The molecule has 0 saturated carbocycles. The van der Waals surface area contributed by atoms with E-state index in [9.17, 15) is 23.2 Å². The van der Waals surface area contributed by atoms with E-state index in [1.807, 2.05) is 0 Å². The number of rotatable bonds is 4. The van der Waals surface area contributed by atoms with E-state index in [0.29, 0.717) is 11.1 Å². The lowest BCUT2D eigenvalue weighted by atomic mass is 9.91. The minimum absolute atomic E-state index is 0.126. The Kier molecular flexibility index (Phi) is 5.62. The third-order valence-electron chi connectivity index (χ3n) is 3.41. The van der Waals surface area contributed by atoms with Gasteiger partial charge in [0.15, 0.2) is 5.78 Å². The lowest BCUT2D eigenvalue weighted by molar-refractivity contribution is -0.129. The summed E-state index contributed by atoms with van der Waals surface area (Å²) in [5, 5.41) is 2.68. The van der Waals surface area contributed by atoms with Crippen molar-refractivity contribution in [2.45, 2.75) is 20.8 Å². The third-order valence-corrected chi connectivity index (χ3v) is 4.44. The van der Waals surface area contributed by atoms with Gasteiger partial charge >= 0.3 is 0 Å². The van der Waals surface area contributed by atoms with E-state index in [2.05, 4.69) is 5.32 Å².